The second-order valence-corrected chi connectivity index (χ2v) is 8.04. The first-order chi connectivity index (χ1) is 13.4. The van der Waals surface area contributed by atoms with Crippen LogP contribution in [0.4, 0.5) is 10.7 Å². The molecule has 0 radical (unpaired) electrons. The van der Waals surface area contributed by atoms with Crippen LogP contribution in [0.25, 0.3) is 0 Å². The number of aromatic hydroxyl groups is 1. The van der Waals surface area contributed by atoms with E-state index in [-0.39, 0.29) is 29.9 Å². The minimum atomic E-state index is -0.190. The number of anilines is 2. The van der Waals surface area contributed by atoms with E-state index in [9.17, 15) is 14.7 Å². The lowest BCUT2D eigenvalue weighted by Gasteiger charge is -2.24. The van der Waals surface area contributed by atoms with Crippen molar-refractivity contribution in [3.05, 3.63) is 75.7 Å². The van der Waals surface area contributed by atoms with Gasteiger partial charge in [-0.2, -0.15) is 0 Å². The summed E-state index contributed by atoms with van der Waals surface area (Å²) in [6.45, 7) is 3.90. The van der Waals surface area contributed by atoms with Gasteiger partial charge in [-0.05, 0) is 54.8 Å². The zero-order valence-electron chi connectivity index (χ0n) is 15.6. The fourth-order valence-corrected chi connectivity index (χ4v) is 4.75. The maximum atomic E-state index is 12.9. The fraction of sp³-hybridized carbons (Fsp3) is 0.182. The van der Waals surface area contributed by atoms with Gasteiger partial charge in [-0.25, -0.2) is 0 Å². The van der Waals surface area contributed by atoms with E-state index in [0.717, 1.165) is 27.9 Å². The number of benzene rings is 2. The van der Waals surface area contributed by atoms with Crippen molar-refractivity contribution in [2.24, 2.45) is 0 Å². The van der Waals surface area contributed by atoms with Crippen LogP contribution in [0.1, 0.15) is 44.3 Å². The normalized spacial score (nSPS) is 15.6. The quantitative estimate of drug-likeness (QED) is 0.599. The molecule has 28 heavy (non-hydrogen) atoms. The molecule has 3 N–H and O–H groups in total. The Morgan fingerprint density at radius 2 is 1.93 bits per heavy atom. The van der Waals surface area contributed by atoms with Gasteiger partial charge in [0.2, 0.25) is 5.91 Å². The van der Waals surface area contributed by atoms with Gasteiger partial charge in [0.15, 0.2) is 0 Å². The third-order valence-corrected chi connectivity index (χ3v) is 6.19. The maximum absolute atomic E-state index is 12.9. The van der Waals surface area contributed by atoms with Crippen molar-refractivity contribution in [3.8, 4) is 5.75 Å². The van der Waals surface area contributed by atoms with Crippen molar-refractivity contribution in [1.82, 2.24) is 0 Å². The van der Waals surface area contributed by atoms with Crippen LogP contribution in [0.2, 0.25) is 0 Å². The van der Waals surface area contributed by atoms with Crippen LogP contribution >= 0.6 is 11.3 Å². The largest absolute Gasteiger partial charge is 0.508 e. The summed E-state index contributed by atoms with van der Waals surface area (Å²) in [7, 11) is 0. The van der Waals surface area contributed by atoms with Gasteiger partial charge < -0.3 is 15.7 Å². The molecule has 2 amide bonds. The molecular weight excluding hydrogens is 372 g/mol. The molecule has 5 nitrogen and oxygen atoms in total. The summed E-state index contributed by atoms with van der Waals surface area (Å²) < 4.78 is 0. The summed E-state index contributed by atoms with van der Waals surface area (Å²) in [4.78, 5) is 25.7. The van der Waals surface area contributed by atoms with E-state index in [1.54, 1.807) is 18.2 Å². The molecule has 6 heteroatoms. The lowest BCUT2D eigenvalue weighted by atomic mass is 9.85. The van der Waals surface area contributed by atoms with E-state index < -0.39 is 0 Å². The predicted octanol–water partition coefficient (Wildman–Crippen LogP) is 4.80. The third kappa shape index (κ3) is 3.39. The van der Waals surface area contributed by atoms with Crippen LogP contribution in [0.15, 0.2) is 48.5 Å². The summed E-state index contributed by atoms with van der Waals surface area (Å²) >= 11 is 1.29. The molecule has 0 saturated heterocycles. The van der Waals surface area contributed by atoms with Crippen LogP contribution in [-0.4, -0.2) is 16.9 Å². The Morgan fingerprint density at radius 1 is 1.18 bits per heavy atom. The first kappa shape index (κ1) is 18.3. The van der Waals surface area contributed by atoms with Crippen molar-refractivity contribution < 1.29 is 14.7 Å². The van der Waals surface area contributed by atoms with Gasteiger partial charge in [-0.3, -0.25) is 9.59 Å². The zero-order valence-corrected chi connectivity index (χ0v) is 16.4. The van der Waals surface area contributed by atoms with E-state index in [4.69, 9.17) is 0 Å². The standard InChI is InChI=1S/C22H20N2O3S/c1-12-6-8-15(9-7-12)23-21(27)20-13(2)19-17(11-18(26)24-22(19)28-20)14-4-3-5-16(25)10-14/h3-10,17,25H,11H2,1-2H3,(H,23,27)(H,24,26)/t17-/m1/s1. The molecule has 1 aliphatic rings. The Bertz CT molecular complexity index is 1070. The molecule has 2 heterocycles. The average molecular weight is 392 g/mol. The first-order valence-corrected chi connectivity index (χ1v) is 9.84. The topological polar surface area (TPSA) is 78.4 Å². The van der Waals surface area contributed by atoms with Crippen LogP contribution in [-0.2, 0) is 4.79 Å². The number of carbonyl (C=O) groups excluding carboxylic acids is 2. The Hall–Kier alpha value is -3.12. The molecule has 0 bridgehead atoms. The van der Waals surface area contributed by atoms with Crippen molar-refractivity contribution in [1.29, 1.82) is 0 Å². The Balaban J connectivity index is 1.70. The highest BCUT2D eigenvalue weighted by Gasteiger charge is 2.33. The number of phenols is 1. The minimum Gasteiger partial charge on any atom is -0.508 e. The third-order valence-electron chi connectivity index (χ3n) is 4.97. The highest BCUT2D eigenvalue weighted by atomic mass is 32.1. The molecule has 0 unspecified atom stereocenters. The zero-order chi connectivity index (χ0) is 19.8. The summed E-state index contributed by atoms with van der Waals surface area (Å²) in [5.74, 6) is -0.305. The van der Waals surface area contributed by atoms with Crippen LogP contribution in [0, 0.1) is 13.8 Å². The van der Waals surface area contributed by atoms with Crippen molar-refractivity contribution >= 4 is 33.8 Å². The molecule has 0 spiro atoms. The number of aryl methyl sites for hydroxylation is 1. The highest BCUT2D eigenvalue weighted by Crippen LogP contribution is 2.45. The molecule has 142 valence electrons. The van der Waals surface area contributed by atoms with E-state index in [1.807, 2.05) is 44.2 Å². The minimum absolute atomic E-state index is 0.0902. The molecule has 0 fully saturated rings. The predicted molar refractivity (Wildman–Crippen MR) is 111 cm³/mol. The molecule has 1 aromatic heterocycles. The van der Waals surface area contributed by atoms with Crippen molar-refractivity contribution in [2.75, 3.05) is 10.6 Å². The number of hydrogen-bond donors (Lipinski definition) is 3. The summed E-state index contributed by atoms with van der Waals surface area (Å²) in [5.41, 5.74) is 4.53. The van der Waals surface area contributed by atoms with Crippen LogP contribution in [0.5, 0.6) is 5.75 Å². The van der Waals surface area contributed by atoms with E-state index in [1.165, 1.54) is 11.3 Å². The molecule has 1 atom stereocenters. The van der Waals surface area contributed by atoms with E-state index >= 15 is 0 Å². The van der Waals surface area contributed by atoms with E-state index in [2.05, 4.69) is 10.6 Å². The second kappa shape index (κ2) is 7.13. The number of nitrogens with one attached hydrogen (secondary N) is 2. The van der Waals surface area contributed by atoms with Gasteiger partial charge in [-0.15, -0.1) is 11.3 Å². The van der Waals surface area contributed by atoms with Gasteiger partial charge >= 0.3 is 0 Å². The smallest absolute Gasteiger partial charge is 0.266 e. The molecular formula is C22H20N2O3S. The number of amides is 2. The molecule has 0 aliphatic carbocycles. The monoisotopic (exact) mass is 392 g/mol. The van der Waals surface area contributed by atoms with Crippen LogP contribution < -0.4 is 10.6 Å². The average Bonchev–Trinajstić information content (AvgIpc) is 2.99. The summed E-state index contributed by atoms with van der Waals surface area (Å²) in [6, 6.07) is 14.6. The SMILES string of the molecule is Cc1ccc(NC(=O)c2sc3c(c2C)[C@@H](c2cccc(O)c2)CC(=O)N3)cc1. The number of hydrogen-bond acceptors (Lipinski definition) is 4. The summed E-state index contributed by atoms with van der Waals surface area (Å²) in [5, 5.41) is 16.4. The Kier molecular flexibility index (Phi) is 4.65. The lowest BCUT2D eigenvalue weighted by Crippen LogP contribution is -2.22. The maximum Gasteiger partial charge on any atom is 0.266 e. The fourth-order valence-electron chi connectivity index (χ4n) is 3.57. The Labute approximate surface area is 167 Å². The van der Waals surface area contributed by atoms with Crippen LogP contribution in [0.3, 0.4) is 0 Å². The Morgan fingerprint density at radius 3 is 2.64 bits per heavy atom. The molecule has 0 saturated carbocycles. The molecule has 4 rings (SSSR count). The summed E-state index contributed by atoms with van der Waals surface area (Å²) in [6.07, 6.45) is 0.285. The van der Waals surface area contributed by atoms with Gasteiger partial charge in [0.1, 0.15) is 5.75 Å². The number of fused-ring (bicyclic) bond motifs is 1. The molecule has 2 aromatic carbocycles. The van der Waals surface area contributed by atoms with Gasteiger partial charge in [0, 0.05) is 18.0 Å². The highest BCUT2D eigenvalue weighted by molar-refractivity contribution is 7.18. The number of thiophene rings is 1. The lowest BCUT2D eigenvalue weighted by molar-refractivity contribution is -0.116. The van der Waals surface area contributed by atoms with Gasteiger partial charge in [0.05, 0.1) is 9.88 Å². The molecule has 3 aromatic rings. The van der Waals surface area contributed by atoms with E-state index in [0.29, 0.717) is 9.88 Å². The van der Waals surface area contributed by atoms with Crippen molar-refractivity contribution in [2.45, 2.75) is 26.2 Å². The van der Waals surface area contributed by atoms with Gasteiger partial charge in [-0.1, -0.05) is 29.8 Å². The number of carbonyl (C=O) groups is 2. The number of phenolic OH excluding ortho intramolecular Hbond substituents is 1. The first-order valence-electron chi connectivity index (χ1n) is 9.02. The van der Waals surface area contributed by atoms with Crippen molar-refractivity contribution in [3.63, 3.8) is 0 Å². The second-order valence-electron chi connectivity index (χ2n) is 7.02. The number of rotatable bonds is 3. The van der Waals surface area contributed by atoms with Gasteiger partial charge in [0.25, 0.3) is 5.91 Å². The molecule has 1 aliphatic heterocycles.